The van der Waals surface area contributed by atoms with E-state index in [0.29, 0.717) is 0 Å². The van der Waals surface area contributed by atoms with Crippen LogP contribution in [0.15, 0.2) is 39.8 Å². The minimum Gasteiger partial charge on any atom is -0.285 e. The first-order chi connectivity index (χ1) is 6.25. The zero-order valence-corrected chi connectivity index (χ0v) is 9.01. The second kappa shape index (κ2) is 3.46. The highest BCUT2D eigenvalue weighted by Crippen LogP contribution is 2.21. The Balaban J connectivity index is 2.28. The zero-order valence-electron chi connectivity index (χ0n) is 7.42. The van der Waals surface area contributed by atoms with Gasteiger partial charge in [0.25, 0.3) is 0 Å². The molecule has 0 radical (unpaired) electrons. The van der Waals surface area contributed by atoms with Gasteiger partial charge in [-0.15, -0.1) is 0 Å². The van der Waals surface area contributed by atoms with Gasteiger partial charge in [-0.1, -0.05) is 28.1 Å². The van der Waals surface area contributed by atoms with Gasteiger partial charge in [0.15, 0.2) is 0 Å². The number of halogens is 1. The van der Waals surface area contributed by atoms with Crippen molar-refractivity contribution in [2.45, 2.75) is 6.92 Å². The highest BCUT2D eigenvalue weighted by molar-refractivity contribution is 9.10. The van der Waals surface area contributed by atoms with Crippen molar-refractivity contribution in [3.05, 3.63) is 40.4 Å². The number of aliphatic imine (C=N–C) groups is 1. The van der Waals surface area contributed by atoms with Crippen molar-refractivity contribution in [2.24, 2.45) is 4.99 Å². The molecule has 0 N–H and O–H groups in total. The Morgan fingerprint density at radius 3 is 2.46 bits per heavy atom. The summed E-state index contributed by atoms with van der Waals surface area (Å²) in [7, 11) is 0. The van der Waals surface area contributed by atoms with E-state index in [1.807, 2.05) is 6.92 Å². The van der Waals surface area contributed by atoms with Gasteiger partial charge in [0.1, 0.15) is 0 Å². The second-order valence-electron chi connectivity index (χ2n) is 3.13. The van der Waals surface area contributed by atoms with Gasteiger partial charge >= 0.3 is 0 Å². The molecule has 1 heterocycles. The normalized spacial score (nSPS) is 15.5. The number of rotatable bonds is 1. The van der Waals surface area contributed by atoms with Crippen LogP contribution in [0.4, 0.5) is 0 Å². The molecule has 1 aliphatic rings. The smallest absolute Gasteiger partial charge is 0.0649 e. The number of benzene rings is 1. The minimum atomic E-state index is 0.827. The lowest BCUT2D eigenvalue weighted by molar-refractivity contribution is 1.29. The summed E-state index contributed by atoms with van der Waals surface area (Å²) in [6, 6.07) is 8.35. The molecule has 1 aromatic rings. The fraction of sp³-hybridized carbons (Fsp3) is 0.182. The molecular formula is C11H10BrN. The van der Waals surface area contributed by atoms with Gasteiger partial charge in [-0.05, 0) is 36.3 Å². The summed E-state index contributed by atoms with van der Waals surface area (Å²) in [5.41, 5.74) is 3.70. The quantitative estimate of drug-likeness (QED) is 0.709. The molecule has 1 aromatic carbocycles. The molecule has 66 valence electrons. The van der Waals surface area contributed by atoms with Crippen molar-refractivity contribution in [3.63, 3.8) is 0 Å². The highest BCUT2D eigenvalue weighted by Gasteiger charge is 2.06. The maximum Gasteiger partial charge on any atom is 0.0649 e. The lowest BCUT2D eigenvalue weighted by Crippen LogP contribution is -1.84. The van der Waals surface area contributed by atoms with Gasteiger partial charge in [0.2, 0.25) is 0 Å². The third-order valence-electron chi connectivity index (χ3n) is 2.10. The first-order valence-corrected chi connectivity index (χ1v) is 5.02. The SMILES string of the molecule is CC1=NCC(c2ccc(Br)cc2)=C1. The third kappa shape index (κ3) is 1.89. The topological polar surface area (TPSA) is 12.4 Å². The molecule has 0 atom stereocenters. The summed E-state index contributed by atoms with van der Waals surface area (Å²) in [6.45, 7) is 2.86. The lowest BCUT2D eigenvalue weighted by atomic mass is 10.1. The Labute approximate surface area is 86.3 Å². The zero-order chi connectivity index (χ0) is 9.26. The van der Waals surface area contributed by atoms with E-state index in [0.717, 1.165) is 16.7 Å². The number of nitrogens with zero attached hydrogens (tertiary/aromatic N) is 1. The molecule has 2 heteroatoms. The monoisotopic (exact) mass is 235 g/mol. The average Bonchev–Trinajstić information content (AvgIpc) is 2.53. The van der Waals surface area contributed by atoms with Crippen molar-refractivity contribution < 1.29 is 0 Å². The van der Waals surface area contributed by atoms with Crippen LogP contribution < -0.4 is 0 Å². The van der Waals surface area contributed by atoms with E-state index in [1.54, 1.807) is 0 Å². The maximum absolute atomic E-state index is 4.33. The molecule has 0 fully saturated rings. The van der Waals surface area contributed by atoms with Crippen LogP contribution in [0.3, 0.4) is 0 Å². The highest BCUT2D eigenvalue weighted by atomic mass is 79.9. The first kappa shape index (κ1) is 8.70. The molecule has 0 amide bonds. The van der Waals surface area contributed by atoms with Gasteiger partial charge in [-0.3, -0.25) is 4.99 Å². The van der Waals surface area contributed by atoms with Crippen LogP contribution in [-0.2, 0) is 0 Å². The van der Waals surface area contributed by atoms with Crippen molar-refractivity contribution in [1.29, 1.82) is 0 Å². The van der Waals surface area contributed by atoms with Gasteiger partial charge < -0.3 is 0 Å². The minimum absolute atomic E-state index is 0.827. The Kier molecular flexibility index (Phi) is 2.32. The molecule has 0 aromatic heterocycles. The van der Waals surface area contributed by atoms with E-state index >= 15 is 0 Å². The summed E-state index contributed by atoms with van der Waals surface area (Å²) in [4.78, 5) is 4.33. The molecule has 0 bridgehead atoms. The Bertz CT molecular complexity index is 374. The molecule has 0 saturated heterocycles. The number of hydrogen-bond donors (Lipinski definition) is 0. The van der Waals surface area contributed by atoms with Crippen LogP contribution in [0.5, 0.6) is 0 Å². The maximum atomic E-state index is 4.33. The van der Waals surface area contributed by atoms with E-state index in [1.165, 1.54) is 11.1 Å². The molecular weight excluding hydrogens is 226 g/mol. The van der Waals surface area contributed by atoms with E-state index in [4.69, 9.17) is 0 Å². The van der Waals surface area contributed by atoms with Crippen LogP contribution in [0.25, 0.3) is 5.57 Å². The summed E-state index contributed by atoms with van der Waals surface area (Å²) in [5.74, 6) is 0. The van der Waals surface area contributed by atoms with Gasteiger partial charge in [-0.2, -0.15) is 0 Å². The summed E-state index contributed by atoms with van der Waals surface area (Å²) in [6.07, 6.45) is 2.14. The molecule has 2 rings (SSSR count). The Morgan fingerprint density at radius 1 is 1.23 bits per heavy atom. The van der Waals surface area contributed by atoms with Crippen molar-refractivity contribution in [1.82, 2.24) is 0 Å². The van der Waals surface area contributed by atoms with E-state index in [9.17, 15) is 0 Å². The molecule has 0 saturated carbocycles. The molecule has 1 aliphatic heterocycles. The fourth-order valence-electron chi connectivity index (χ4n) is 1.39. The Hall–Kier alpha value is -0.890. The van der Waals surface area contributed by atoms with E-state index < -0.39 is 0 Å². The lowest BCUT2D eigenvalue weighted by Gasteiger charge is -2.00. The molecule has 1 nitrogen and oxygen atoms in total. The summed E-state index contributed by atoms with van der Waals surface area (Å²) in [5, 5.41) is 0. The summed E-state index contributed by atoms with van der Waals surface area (Å²) < 4.78 is 1.12. The van der Waals surface area contributed by atoms with E-state index in [-0.39, 0.29) is 0 Å². The van der Waals surface area contributed by atoms with Crippen LogP contribution in [-0.4, -0.2) is 12.3 Å². The van der Waals surface area contributed by atoms with Gasteiger partial charge in [0, 0.05) is 10.2 Å². The van der Waals surface area contributed by atoms with Crippen molar-refractivity contribution >= 4 is 27.2 Å². The summed E-state index contributed by atoms with van der Waals surface area (Å²) >= 11 is 3.42. The van der Waals surface area contributed by atoms with Crippen LogP contribution >= 0.6 is 15.9 Å². The van der Waals surface area contributed by atoms with Crippen LogP contribution in [0.2, 0.25) is 0 Å². The van der Waals surface area contributed by atoms with Crippen molar-refractivity contribution in [3.8, 4) is 0 Å². The van der Waals surface area contributed by atoms with Gasteiger partial charge in [-0.25, -0.2) is 0 Å². The third-order valence-corrected chi connectivity index (χ3v) is 2.63. The Morgan fingerprint density at radius 2 is 1.92 bits per heavy atom. The van der Waals surface area contributed by atoms with Crippen LogP contribution in [0.1, 0.15) is 12.5 Å². The second-order valence-corrected chi connectivity index (χ2v) is 4.05. The molecule has 0 aliphatic carbocycles. The number of hydrogen-bond acceptors (Lipinski definition) is 1. The standard InChI is InChI=1S/C11H10BrN/c1-8-6-10(7-13-8)9-2-4-11(12)5-3-9/h2-6H,7H2,1H3. The first-order valence-electron chi connectivity index (χ1n) is 4.23. The fourth-order valence-corrected chi connectivity index (χ4v) is 1.66. The predicted molar refractivity (Wildman–Crippen MR) is 60.1 cm³/mol. The molecule has 0 unspecified atom stereocenters. The predicted octanol–water partition coefficient (Wildman–Crippen LogP) is 3.31. The largest absolute Gasteiger partial charge is 0.285 e. The molecule has 0 spiro atoms. The van der Waals surface area contributed by atoms with E-state index in [2.05, 4.69) is 51.3 Å². The van der Waals surface area contributed by atoms with Crippen molar-refractivity contribution in [2.75, 3.05) is 6.54 Å². The number of allylic oxidation sites excluding steroid dienone is 1. The average molecular weight is 236 g/mol. The van der Waals surface area contributed by atoms with Crippen LogP contribution in [0, 0.1) is 0 Å². The van der Waals surface area contributed by atoms with Gasteiger partial charge in [0.05, 0.1) is 6.54 Å². The molecule has 13 heavy (non-hydrogen) atoms.